The Labute approximate surface area is 141 Å². The monoisotopic (exact) mass is 331 g/mol. The highest BCUT2D eigenvalue weighted by atomic mass is 19.1. The van der Waals surface area contributed by atoms with E-state index in [1.807, 2.05) is 6.07 Å². The Kier molecular flexibility index (Phi) is 5.92. The molecule has 0 amide bonds. The van der Waals surface area contributed by atoms with Gasteiger partial charge in [0.05, 0.1) is 13.2 Å². The molecule has 1 aromatic heterocycles. The molecule has 7 heteroatoms. The number of hydrogen-bond donors (Lipinski definition) is 2. The number of nitrogens with zero attached hydrogens (tertiary/aromatic N) is 3. The number of anilines is 2. The first-order valence-electron chi connectivity index (χ1n) is 8.14. The molecule has 2 heterocycles. The summed E-state index contributed by atoms with van der Waals surface area (Å²) in [6.45, 7) is 5.96. The van der Waals surface area contributed by atoms with Crippen LogP contribution in [0.4, 0.5) is 16.0 Å². The zero-order valence-corrected chi connectivity index (χ0v) is 13.5. The summed E-state index contributed by atoms with van der Waals surface area (Å²) >= 11 is 0. The van der Waals surface area contributed by atoms with Crippen LogP contribution in [0.1, 0.15) is 5.56 Å². The molecule has 0 saturated carbocycles. The maximum absolute atomic E-state index is 12.9. The third kappa shape index (κ3) is 5.14. The van der Waals surface area contributed by atoms with E-state index in [2.05, 4.69) is 25.5 Å². The lowest BCUT2D eigenvalue weighted by atomic mass is 10.2. The first kappa shape index (κ1) is 16.6. The van der Waals surface area contributed by atoms with E-state index in [0.717, 1.165) is 56.6 Å². The minimum absolute atomic E-state index is 0.229. The maximum atomic E-state index is 12.9. The molecule has 6 nitrogen and oxygen atoms in total. The van der Waals surface area contributed by atoms with E-state index in [-0.39, 0.29) is 5.82 Å². The van der Waals surface area contributed by atoms with Gasteiger partial charge in [-0.3, -0.25) is 4.90 Å². The number of benzene rings is 1. The van der Waals surface area contributed by atoms with Crippen LogP contribution in [0.5, 0.6) is 0 Å². The number of nitrogens with one attached hydrogen (secondary N) is 2. The summed E-state index contributed by atoms with van der Waals surface area (Å²) in [4.78, 5) is 10.8. The van der Waals surface area contributed by atoms with Crippen LogP contribution in [0.15, 0.2) is 36.7 Å². The fourth-order valence-electron chi connectivity index (χ4n) is 2.51. The Bertz CT molecular complexity index is 631. The van der Waals surface area contributed by atoms with Gasteiger partial charge in [-0.05, 0) is 17.7 Å². The Morgan fingerprint density at radius 3 is 2.50 bits per heavy atom. The van der Waals surface area contributed by atoms with Crippen LogP contribution >= 0.6 is 0 Å². The van der Waals surface area contributed by atoms with Crippen molar-refractivity contribution < 1.29 is 9.13 Å². The third-order valence-corrected chi connectivity index (χ3v) is 3.89. The molecule has 3 rings (SSSR count). The first-order chi connectivity index (χ1) is 11.8. The molecule has 24 heavy (non-hydrogen) atoms. The van der Waals surface area contributed by atoms with E-state index in [9.17, 15) is 4.39 Å². The minimum atomic E-state index is -0.229. The average molecular weight is 331 g/mol. The molecule has 128 valence electrons. The molecule has 0 bridgehead atoms. The van der Waals surface area contributed by atoms with Gasteiger partial charge in [0.15, 0.2) is 0 Å². The maximum Gasteiger partial charge on any atom is 0.131 e. The molecule has 0 spiro atoms. The van der Waals surface area contributed by atoms with Crippen molar-refractivity contribution in [1.82, 2.24) is 14.9 Å². The highest BCUT2D eigenvalue weighted by Gasteiger charge is 2.09. The third-order valence-electron chi connectivity index (χ3n) is 3.89. The van der Waals surface area contributed by atoms with Crippen LogP contribution in [0.3, 0.4) is 0 Å². The molecule has 0 atom stereocenters. The number of rotatable bonds is 7. The summed E-state index contributed by atoms with van der Waals surface area (Å²) in [5.41, 5.74) is 0.997. The summed E-state index contributed by atoms with van der Waals surface area (Å²) in [7, 11) is 0. The van der Waals surface area contributed by atoms with Crippen molar-refractivity contribution in [2.45, 2.75) is 6.54 Å². The number of halogens is 1. The van der Waals surface area contributed by atoms with Gasteiger partial charge < -0.3 is 15.4 Å². The van der Waals surface area contributed by atoms with E-state index < -0.39 is 0 Å². The van der Waals surface area contributed by atoms with Gasteiger partial charge in [-0.25, -0.2) is 14.4 Å². The summed E-state index contributed by atoms with van der Waals surface area (Å²) in [5.74, 6) is 1.30. The fraction of sp³-hybridized carbons (Fsp3) is 0.412. The van der Waals surface area contributed by atoms with Crippen molar-refractivity contribution >= 4 is 11.6 Å². The lowest BCUT2D eigenvalue weighted by Gasteiger charge is -2.26. The van der Waals surface area contributed by atoms with E-state index in [1.165, 1.54) is 18.5 Å². The lowest BCUT2D eigenvalue weighted by molar-refractivity contribution is 0.0398. The van der Waals surface area contributed by atoms with Crippen LogP contribution in [-0.2, 0) is 11.3 Å². The van der Waals surface area contributed by atoms with Gasteiger partial charge in [0.1, 0.15) is 23.8 Å². The van der Waals surface area contributed by atoms with Crippen molar-refractivity contribution in [3.63, 3.8) is 0 Å². The quantitative estimate of drug-likeness (QED) is 0.809. The summed E-state index contributed by atoms with van der Waals surface area (Å²) in [5, 5.41) is 6.53. The molecular formula is C17H22FN5O. The van der Waals surface area contributed by atoms with Gasteiger partial charge in [-0.1, -0.05) is 12.1 Å². The highest BCUT2D eigenvalue weighted by molar-refractivity contribution is 5.46. The fourth-order valence-corrected chi connectivity index (χ4v) is 2.51. The largest absolute Gasteiger partial charge is 0.379 e. The Balaban J connectivity index is 1.45. The summed E-state index contributed by atoms with van der Waals surface area (Å²) in [6.07, 6.45) is 1.53. The molecule has 2 N–H and O–H groups in total. The van der Waals surface area contributed by atoms with Crippen LogP contribution in [0.2, 0.25) is 0 Å². The summed E-state index contributed by atoms with van der Waals surface area (Å²) in [6, 6.07) is 8.30. The molecule has 0 radical (unpaired) electrons. The molecule has 1 aromatic carbocycles. The topological polar surface area (TPSA) is 62.3 Å². The molecule has 1 fully saturated rings. The van der Waals surface area contributed by atoms with E-state index >= 15 is 0 Å². The van der Waals surface area contributed by atoms with Gasteiger partial charge in [-0.2, -0.15) is 0 Å². The second kappa shape index (κ2) is 8.56. The number of aromatic nitrogens is 2. The van der Waals surface area contributed by atoms with Crippen LogP contribution in [0.25, 0.3) is 0 Å². The standard InChI is InChI=1S/C17H22FN5O/c18-15-3-1-14(2-4-15)12-20-17-11-16(21-13-22-17)19-5-6-23-7-9-24-10-8-23/h1-4,11,13H,5-10,12H2,(H2,19,20,21,22). The van der Waals surface area contributed by atoms with Crippen LogP contribution in [0, 0.1) is 5.82 Å². The Hall–Kier alpha value is -2.25. The second-order valence-corrected chi connectivity index (χ2v) is 5.65. The van der Waals surface area contributed by atoms with Gasteiger partial charge in [0, 0.05) is 38.8 Å². The van der Waals surface area contributed by atoms with Crippen molar-refractivity contribution in [1.29, 1.82) is 0 Å². The first-order valence-corrected chi connectivity index (χ1v) is 8.14. The van der Waals surface area contributed by atoms with Gasteiger partial charge in [0.25, 0.3) is 0 Å². The lowest BCUT2D eigenvalue weighted by Crippen LogP contribution is -2.39. The zero-order chi connectivity index (χ0) is 16.6. The predicted octanol–water partition coefficient (Wildman–Crippen LogP) is 1.97. The van der Waals surface area contributed by atoms with E-state index in [1.54, 1.807) is 12.1 Å². The van der Waals surface area contributed by atoms with Gasteiger partial charge in [-0.15, -0.1) is 0 Å². The minimum Gasteiger partial charge on any atom is -0.379 e. The van der Waals surface area contributed by atoms with Crippen molar-refractivity contribution in [2.75, 3.05) is 50.0 Å². The van der Waals surface area contributed by atoms with E-state index in [0.29, 0.717) is 6.54 Å². The van der Waals surface area contributed by atoms with Crippen molar-refractivity contribution in [2.24, 2.45) is 0 Å². The molecule has 1 aliphatic rings. The zero-order valence-electron chi connectivity index (χ0n) is 13.5. The molecule has 1 aliphatic heterocycles. The van der Waals surface area contributed by atoms with Crippen molar-refractivity contribution in [3.05, 3.63) is 48.0 Å². The SMILES string of the molecule is Fc1ccc(CNc2cc(NCCN3CCOCC3)ncn2)cc1. The number of ether oxygens (including phenoxy) is 1. The molecule has 0 unspecified atom stereocenters. The smallest absolute Gasteiger partial charge is 0.131 e. The molecule has 2 aromatic rings. The number of hydrogen-bond acceptors (Lipinski definition) is 6. The second-order valence-electron chi connectivity index (χ2n) is 5.65. The van der Waals surface area contributed by atoms with Crippen molar-refractivity contribution in [3.8, 4) is 0 Å². The predicted molar refractivity (Wildman–Crippen MR) is 91.5 cm³/mol. The van der Waals surface area contributed by atoms with Gasteiger partial charge >= 0.3 is 0 Å². The number of morpholine rings is 1. The average Bonchev–Trinajstić information content (AvgIpc) is 2.63. The highest BCUT2D eigenvalue weighted by Crippen LogP contribution is 2.11. The van der Waals surface area contributed by atoms with Crippen LogP contribution < -0.4 is 10.6 Å². The van der Waals surface area contributed by atoms with Gasteiger partial charge in [0.2, 0.25) is 0 Å². The molecular weight excluding hydrogens is 309 g/mol. The van der Waals surface area contributed by atoms with E-state index in [4.69, 9.17) is 4.74 Å². The Morgan fingerprint density at radius 1 is 1.04 bits per heavy atom. The Morgan fingerprint density at radius 2 is 1.75 bits per heavy atom. The van der Waals surface area contributed by atoms with Crippen LogP contribution in [-0.4, -0.2) is 54.3 Å². The molecule has 1 saturated heterocycles. The normalized spacial score (nSPS) is 15.2. The molecule has 0 aliphatic carbocycles. The summed E-state index contributed by atoms with van der Waals surface area (Å²) < 4.78 is 18.2.